The molecule has 1 saturated carbocycles. The topological polar surface area (TPSA) is 104 Å². The SMILES string of the molecule is CN1CCC(CC/C(C(=O)Nc2nc3ccc(Cl)cc3[nH]2)=C(/N)C2CC2)CC1.O=Cc1ccc(F)cc1. The maximum atomic E-state index is 13.0. The monoisotopic (exact) mass is 525 g/mol. The van der Waals surface area contributed by atoms with Gasteiger partial charge in [0, 0.05) is 21.9 Å². The van der Waals surface area contributed by atoms with E-state index in [1.165, 1.54) is 37.1 Å². The maximum Gasteiger partial charge on any atom is 0.255 e. The first-order valence-corrected chi connectivity index (χ1v) is 13.0. The number of carbonyl (C=O) groups excluding carboxylic acids is 2. The number of H-pyrrole nitrogens is 1. The van der Waals surface area contributed by atoms with Crippen LogP contribution >= 0.6 is 11.6 Å². The molecule has 9 heteroatoms. The minimum absolute atomic E-state index is 0.137. The van der Waals surface area contributed by atoms with Crippen molar-refractivity contribution in [1.29, 1.82) is 0 Å². The van der Waals surface area contributed by atoms with E-state index < -0.39 is 0 Å². The van der Waals surface area contributed by atoms with Gasteiger partial charge in [0.1, 0.15) is 12.1 Å². The largest absolute Gasteiger partial charge is 0.401 e. The van der Waals surface area contributed by atoms with Gasteiger partial charge >= 0.3 is 0 Å². The number of fused-ring (bicyclic) bond motifs is 1. The van der Waals surface area contributed by atoms with Crippen LogP contribution in [0.4, 0.5) is 10.3 Å². The van der Waals surface area contributed by atoms with Crippen molar-refractivity contribution in [3.8, 4) is 0 Å². The number of anilines is 1. The van der Waals surface area contributed by atoms with Crippen LogP contribution in [-0.2, 0) is 4.79 Å². The van der Waals surface area contributed by atoms with Crippen LogP contribution in [0, 0.1) is 17.7 Å². The maximum absolute atomic E-state index is 13.0. The number of nitrogens with two attached hydrogens (primary N) is 1. The van der Waals surface area contributed by atoms with Crippen LogP contribution in [0.5, 0.6) is 0 Å². The molecular formula is C28H33ClFN5O2. The number of allylic oxidation sites excluding steroid dienone is 1. The molecule has 2 aliphatic rings. The first kappa shape index (κ1) is 26.8. The van der Waals surface area contributed by atoms with Crippen molar-refractivity contribution in [2.45, 2.75) is 38.5 Å². The Morgan fingerprint density at radius 1 is 1.19 bits per heavy atom. The molecule has 0 radical (unpaired) electrons. The summed E-state index contributed by atoms with van der Waals surface area (Å²) in [6, 6.07) is 10.8. The number of nitrogens with one attached hydrogen (secondary N) is 2. The van der Waals surface area contributed by atoms with Crippen molar-refractivity contribution in [3.05, 3.63) is 70.1 Å². The molecule has 0 bridgehead atoms. The second kappa shape index (κ2) is 12.3. The molecule has 1 aliphatic heterocycles. The number of aldehydes is 1. The predicted molar refractivity (Wildman–Crippen MR) is 145 cm³/mol. The highest BCUT2D eigenvalue weighted by atomic mass is 35.5. The number of piperidine rings is 1. The quantitative estimate of drug-likeness (QED) is 0.277. The molecule has 2 heterocycles. The van der Waals surface area contributed by atoms with E-state index in [2.05, 4.69) is 27.2 Å². The van der Waals surface area contributed by atoms with Crippen molar-refractivity contribution in [2.24, 2.45) is 17.6 Å². The third-order valence-corrected chi connectivity index (χ3v) is 7.20. The lowest BCUT2D eigenvalue weighted by molar-refractivity contribution is -0.113. The van der Waals surface area contributed by atoms with Crippen LogP contribution in [0.15, 0.2) is 53.7 Å². The first-order chi connectivity index (χ1) is 17.8. The second-order valence-corrected chi connectivity index (χ2v) is 10.3. The fourth-order valence-electron chi connectivity index (χ4n) is 4.49. The average molecular weight is 526 g/mol. The fraction of sp³-hybridized carbons (Fsp3) is 0.393. The van der Waals surface area contributed by atoms with Gasteiger partial charge in [-0.1, -0.05) is 11.6 Å². The fourth-order valence-corrected chi connectivity index (χ4v) is 4.67. The molecular weight excluding hydrogens is 493 g/mol. The number of likely N-dealkylation sites (tertiary alicyclic amines) is 1. The number of imidazole rings is 1. The van der Waals surface area contributed by atoms with Gasteiger partial charge in [0.05, 0.1) is 11.0 Å². The number of carbonyl (C=O) groups is 2. The number of hydrogen-bond acceptors (Lipinski definition) is 5. The molecule has 2 fully saturated rings. The lowest BCUT2D eigenvalue weighted by atomic mass is 9.89. The molecule has 0 spiro atoms. The van der Waals surface area contributed by atoms with Gasteiger partial charge in [0.15, 0.2) is 0 Å². The van der Waals surface area contributed by atoms with E-state index in [4.69, 9.17) is 17.3 Å². The minimum atomic E-state index is -0.319. The Kier molecular flexibility index (Phi) is 8.95. The van der Waals surface area contributed by atoms with Crippen molar-refractivity contribution in [2.75, 3.05) is 25.5 Å². The van der Waals surface area contributed by atoms with Crippen molar-refractivity contribution in [1.82, 2.24) is 14.9 Å². The Morgan fingerprint density at radius 2 is 1.89 bits per heavy atom. The zero-order chi connectivity index (χ0) is 26.4. The zero-order valence-electron chi connectivity index (χ0n) is 21.0. The van der Waals surface area contributed by atoms with Gasteiger partial charge < -0.3 is 15.6 Å². The van der Waals surface area contributed by atoms with Gasteiger partial charge in [-0.05, 0) is 113 Å². The number of amides is 1. The summed E-state index contributed by atoms with van der Waals surface area (Å²) in [5.41, 5.74) is 9.94. The summed E-state index contributed by atoms with van der Waals surface area (Å²) in [4.78, 5) is 32.9. The molecule has 1 aliphatic carbocycles. The van der Waals surface area contributed by atoms with Crippen LogP contribution in [-0.4, -0.2) is 47.2 Å². The minimum Gasteiger partial charge on any atom is -0.401 e. The Morgan fingerprint density at radius 3 is 2.54 bits per heavy atom. The standard InChI is InChI=1S/C21H28ClN5O.C7H5FO/c1-27-10-8-13(9-11-27)2-6-16(19(23)14-3-4-14)20(28)26-21-24-17-7-5-15(22)12-18(17)25-21;8-7-3-1-6(5-9)2-4-7/h5,7,12-14H,2-4,6,8-11,23H2,1H3,(H2,24,25,26,28);1-5H/b19-16-;. The summed E-state index contributed by atoms with van der Waals surface area (Å²) < 4.78 is 12.1. The third kappa shape index (κ3) is 7.63. The number of nitrogens with zero attached hydrogens (tertiary/aromatic N) is 2. The number of hydrogen-bond donors (Lipinski definition) is 3. The van der Waals surface area contributed by atoms with Crippen LogP contribution in [0.1, 0.15) is 48.9 Å². The van der Waals surface area contributed by atoms with Gasteiger partial charge in [-0.15, -0.1) is 0 Å². The molecule has 1 aromatic heterocycles. The van der Waals surface area contributed by atoms with E-state index in [1.54, 1.807) is 12.1 Å². The Balaban J connectivity index is 0.000000301. The summed E-state index contributed by atoms with van der Waals surface area (Å²) in [6.45, 7) is 2.27. The summed E-state index contributed by atoms with van der Waals surface area (Å²) in [5.74, 6) is 1.01. The third-order valence-electron chi connectivity index (χ3n) is 6.96. The molecule has 4 N–H and O–H groups in total. The Hall–Kier alpha value is -3.23. The van der Waals surface area contributed by atoms with Crippen molar-refractivity contribution < 1.29 is 14.0 Å². The van der Waals surface area contributed by atoms with Gasteiger partial charge in [0.2, 0.25) is 5.95 Å². The van der Waals surface area contributed by atoms with Gasteiger partial charge in [-0.3, -0.25) is 14.9 Å². The number of benzene rings is 2. The van der Waals surface area contributed by atoms with Gasteiger partial charge in [-0.25, -0.2) is 9.37 Å². The molecule has 7 nitrogen and oxygen atoms in total. The van der Waals surface area contributed by atoms with Crippen LogP contribution < -0.4 is 11.1 Å². The van der Waals surface area contributed by atoms with Crippen molar-refractivity contribution >= 4 is 40.8 Å². The number of rotatable bonds is 7. The van der Waals surface area contributed by atoms with Crippen LogP contribution in [0.25, 0.3) is 11.0 Å². The highest BCUT2D eigenvalue weighted by molar-refractivity contribution is 6.31. The highest BCUT2D eigenvalue weighted by Crippen LogP contribution is 2.37. The van der Waals surface area contributed by atoms with E-state index in [0.717, 1.165) is 61.1 Å². The summed E-state index contributed by atoms with van der Waals surface area (Å²) >= 11 is 6.03. The molecule has 3 aromatic rings. The summed E-state index contributed by atoms with van der Waals surface area (Å²) in [7, 11) is 2.17. The smallest absolute Gasteiger partial charge is 0.255 e. The van der Waals surface area contributed by atoms with E-state index in [-0.39, 0.29) is 11.7 Å². The molecule has 1 amide bonds. The normalized spacial score (nSPS) is 17.1. The van der Waals surface area contributed by atoms with Crippen LogP contribution in [0.3, 0.4) is 0 Å². The molecule has 2 aromatic carbocycles. The number of aromatic amines is 1. The van der Waals surface area contributed by atoms with Crippen LogP contribution in [0.2, 0.25) is 5.02 Å². The molecule has 5 rings (SSSR count). The van der Waals surface area contributed by atoms with Gasteiger partial charge in [0.25, 0.3) is 5.91 Å². The molecule has 37 heavy (non-hydrogen) atoms. The van der Waals surface area contributed by atoms with E-state index in [9.17, 15) is 14.0 Å². The van der Waals surface area contributed by atoms with E-state index in [1.807, 2.05) is 6.07 Å². The predicted octanol–water partition coefficient (Wildman–Crippen LogP) is 5.54. The first-order valence-electron chi connectivity index (χ1n) is 12.7. The molecule has 196 valence electrons. The molecule has 1 saturated heterocycles. The van der Waals surface area contributed by atoms with E-state index in [0.29, 0.717) is 34.7 Å². The molecule has 0 unspecified atom stereocenters. The highest BCUT2D eigenvalue weighted by Gasteiger charge is 2.29. The lowest BCUT2D eigenvalue weighted by Crippen LogP contribution is -2.30. The van der Waals surface area contributed by atoms with Crippen molar-refractivity contribution in [3.63, 3.8) is 0 Å². The number of aromatic nitrogens is 2. The van der Waals surface area contributed by atoms with Gasteiger partial charge in [-0.2, -0.15) is 0 Å². The second-order valence-electron chi connectivity index (χ2n) is 9.86. The lowest BCUT2D eigenvalue weighted by Gasteiger charge is -2.29. The summed E-state index contributed by atoms with van der Waals surface area (Å²) in [5, 5.41) is 3.54. The zero-order valence-corrected chi connectivity index (χ0v) is 21.7. The summed E-state index contributed by atoms with van der Waals surface area (Å²) in [6.07, 6.45) is 6.98. The number of halogens is 2. The van der Waals surface area contributed by atoms with E-state index >= 15 is 0 Å². The Bertz CT molecular complexity index is 1260. The Labute approximate surface area is 221 Å². The average Bonchev–Trinajstić information content (AvgIpc) is 3.66. The molecule has 0 atom stereocenters.